The molecule has 1 N–H and O–H groups in total. The molecule has 0 fully saturated rings. The van der Waals surface area contributed by atoms with Crippen molar-refractivity contribution in [2.24, 2.45) is 0 Å². The molecule has 1 amide bonds. The molecular weight excluding hydrogens is 461 g/mol. The highest BCUT2D eigenvalue weighted by atomic mass is 32.1. The molecule has 34 heavy (non-hydrogen) atoms. The fourth-order valence-corrected chi connectivity index (χ4v) is 3.97. The lowest BCUT2D eigenvalue weighted by atomic mass is 10.0. The van der Waals surface area contributed by atoms with Crippen LogP contribution >= 0.6 is 12.2 Å². The SMILES string of the molecule is CC(=O)C1=Cc2cc(NC(=O)c3cccc(CC(=S)c4cccc(C(F)(F)F)c4)c3)cnc2C1. The summed E-state index contributed by atoms with van der Waals surface area (Å²) < 4.78 is 39.0. The van der Waals surface area contributed by atoms with Gasteiger partial charge in [0.15, 0.2) is 5.78 Å². The number of carbonyl (C=O) groups excluding carboxylic acids is 2. The Bertz CT molecular complexity index is 1350. The van der Waals surface area contributed by atoms with Crippen molar-refractivity contribution in [3.05, 3.63) is 99.9 Å². The molecule has 0 radical (unpaired) electrons. The molecule has 3 aromatic rings. The number of pyridine rings is 1. The van der Waals surface area contributed by atoms with Gasteiger partial charge in [0.2, 0.25) is 0 Å². The third kappa shape index (κ3) is 5.28. The van der Waals surface area contributed by atoms with E-state index in [0.717, 1.165) is 23.4 Å². The summed E-state index contributed by atoms with van der Waals surface area (Å²) in [6.45, 7) is 1.51. The number of hydrogen-bond acceptors (Lipinski definition) is 4. The molecule has 0 bridgehead atoms. The van der Waals surface area contributed by atoms with E-state index < -0.39 is 11.7 Å². The summed E-state index contributed by atoms with van der Waals surface area (Å²) in [5, 5.41) is 2.79. The minimum atomic E-state index is -4.44. The number of anilines is 1. The Hall–Kier alpha value is -3.65. The van der Waals surface area contributed by atoms with Gasteiger partial charge in [-0.25, -0.2) is 0 Å². The second-order valence-electron chi connectivity index (χ2n) is 8.00. The van der Waals surface area contributed by atoms with E-state index in [9.17, 15) is 22.8 Å². The van der Waals surface area contributed by atoms with Crippen LogP contribution in [0.3, 0.4) is 0 Å². The zero-order valence-corrected chi connectivity index (χ0v) is 18.9. The van der Waals surface area contributed by atoms with Gasteiger partial charge in [0.1, 0.15) is 0 Å². The van der Waals surface area contributed by atoms with Crippen LogP contribution in [0.2, 0.25) is 0 Å². The van der Waals surface area contributed by atoms with Crippen LogP contribution in [0, 0.1) is 0 Å². The van der Waals surface area contributed by atoms with Crippen molar-refractivity contribution >= 4 is 40.5 Å². The van der Waals surface area contributed by atoms with Crippen molar-refractivity contribution in [2.75, 3.05) is 5.32 Å². The molecule has 8 heteroatoms. The van der Waals surface area contributed by atoms with Gasteiger partial charge < -0.3 is 5.32 Å². The molecular formula is C26H19F3N2O2S. The van der Waals surface area contributed by atoms with Gasteiger partial charge in [-0.2, -0.15) is 13.2 Å². The first-order valence-corrected chi connectivity index (χ1v) is 10.8. The van der Waals surface area contributed by atoms with Crippen molar-refractivity contribution < 1.29 is 22.8 Å². The molecule has 4 rings (SSSR count). The van der Waals surface area contributed by atoms with Gasteiger partial charge in [0.05, 0.1) is 23.1 Å². The highest BCUT2D eigenvalue weighted by Crippen LogP contribution is 2.30. The highest BCUT2D eigenvalue weighted by Gasteiger charge is 2.30. The van der Waals surface area contributed by atoms with E-state index in [1.807, 2.05) is 0 Å². The van der Waals surface area contributed by atoms with Gasteiger partial charge in [0, 0.05) is 28.8 Å². The first-order chi connectivity index (χ1) is 16.1. The molecule has 1 aliphatic carbocycles. The number of Topliss-reactive ketones (excluding diaryl/α,β-unsaturated/α-hetero) is 1. The minimum Gasteiger partial charge on any atom is -0.321 e. The van der Waals surface area contributed by atoms with Crippen molar-refractivity contribution in [3.8, 4) is 0 Å². The van der Waals surface area contributed by atoms with E-state index >= 15 is 0 Å². The Morgan fingerprint density at radius 2 is 1.79 bits per heavy atom. The van der Waals surface area contributed by atoms with E-state index in [1.165, 1.54) is 13.0 Å². The summed E-state index contributed by atoms with van der Waals surface area (Å²) in [5.74, 6) is -0.370. The molecule has 0 saturated heterocycles. The number of amides is 1. The van der Waals surface area contributed by atoms with Gasteiger partial charge >= 0.3 is 6.18 Å². The van der Waals surface area contributed by atoms with Crippen LogP contribution in [0.1, 0.15) is 45.2 Å². The van der Waals surface area contributed by atoms with E-state index in [-0.39, 0.29) is 18.1 Å². The van der Waals surface area contributed by atoms with Crippen LogP contribution in [0.4, 0.5) is 18.9 Å². The van der Waals surface area contributed by atoms with Crippen LogP contribution in [0.25, 0.3) is 6.08 Å². The molecule has 1 aliphatic rings. The maximum absolute atomic E-state index is 13.0. The Balaban J connectivity index is 1.47. The van der Waals surface area contributed by atoms with E-state index in [2.05, 4.69) is 10.3 Å². The maximum atomic E-state index is 13.0. The molecule has 1 aromatic heterocycles. The summed E-state index contributed by atoms with van der Waals surface area (Å²) in [6.07, 6.45) is -0.432. The number of alkyl halides is 3. The van der Waals surface area contributed by atoms with E-state index in [1.54, 1.807) is 48.7 Å². The normalized spacial score (nSPS) is 12.6. The molecule has 0 saturated carbocycles. The lowest BCUT2D eigenvalue weighted by Crippen LogP contribution is -2.13. The van der Waals surface area contributed by atoms with Crippen molar-refractivity contribution in [1.29, 1.82) is 0 Å². The second kappa shape index (κ2) is 9.30. The lowest BCUT2D eigenvalue weighted by Gasteiger charge is -2.11. The van der Waals surface area contributed by atoms with Crippen molar-refractivity contribution in [2.45, 2.75) is 25.9 Å². The maximum Gasteiger partial charge on any atom is 0.416 e. The summed E-state index contributed by atoms with van der Waals surface area (Å²) in [5.41, 5.74) is 3.40. The van der Waals surface area contributed by atoms with Gasteiger partial charge in [-0.1, -0.05) is 36.5 Å². The molecule has 0 atom stereocenters. The summed E-state index contributed by atoms with van der Waals surface area (Å²) in [7, 11) is 0. The number of rotatable bonds is 6. The standard InChI is InChI=1S/C26H19F3N2O2S/c1-15(32)19-10-20-12-22(14-30-23(20)13-19)31-25(33)18-6-2-4-16(8-18)9-24(34)17-5-3-7-21(11-17)26(27,28)29/h2-8,10-12,14H,9,13H2,1H3,(H,31,33). The fraction of sp³-hybridized carbons (Fsp3) is 0.154. The first-order valence-electron chi connectivity index (χ1n) is 10.4. The van der Waals surface area contributed by atoms with Crippen molar-refractivity contribution in [3.63, 3.8) is 0 Å². The van der Waals surface area contributed by atoms with Crippen LogP contribution < -0.4 is 5.32 Å². The number of ketones is 1. The number of carbonyl (C=O) groups is 2. The number of hydrogen-bond donors (Lipinski definition) is 1. The van der Waals surface area contributed by atoms with E-state index in [0.29, 0.717) is 39.2 Å². The summed E-state index contributed by atoms with van der Waals surface area (Å²) in [4.78, 5) is 29.1. The quantitative estimate of drug-likeness (QED) is 0.356. The first kappa shape index (κ1) is 23.5. The zero-order valence-electron chi connectivity index (χ0n) is 18.1. The average Bonchev–Trinajstić information content (AvgIpc) is 3.23. The number of halogens is 3. The monoisotopic (exact) mass is 480 g/mol. The Labute approximate surface area is 199 Å². The van der Waals surface area contributed by atoms with Gasteiger partial charge in [-0.3, -0.25) is 14.6 Å². The molecule has 0 aliphatic heterocycles. The third-order valence-corrected chi connectivity index (χ3v) is 5.85. The fourth-order valence-electron chi connectivity index (χ4n) is 3.68. The summed E-state index contributed by atoms with van der Waals surface area (Å²) >= 11 is 5.37. The topological polar surface area (TPSA) is 59.1 Å². The molecule has 2 aromatic carbocycles. The lowest BCUT2D eigenvalue weighted by molar-refractivity contribution is -0.137. The van der Waals surface area contributed by atoms with Crippen LogP contribution in [-0.4, -0.2) is 21.5 Å². The molecule has 0 unspecified atom stereocenters. The predicted molar refractivity (Wildman–Crippen MR) is 128 cm³/mol. The number of nitrogens with one attached hydrogen (secondary N) is 1. The number of allylic oxidation sites excluding steroid dienone is 1. The summed E-state index contributed by atoms with van der Waals surface area (Å²) in [6, 6.07) is 13.4. The van der Waals surface area contributed by atoms with Crippen molar-refractivity contribution in [1.82, 2.24) is 4.98 Å². The molecule has 1 heterocycles. The highest BCUT2D eigenvalue weighted by molar-refractivity contribution is 7.80. The number of benzene rings is 2. The Morgan fingerprint density at radius 1 is 1.06 bits per heavy atom. The molecule has 172 valence electrons. The minimum absolute atomic E-state index is 0.0107. The number of aromatic nitrogens is 1. The Kier molecular flexibility index (Phi) is 6.43. The molecule has 4 nitrogen and oxygen atoms in total. The smallest absolute Gasteiger partial charge is 0.321 e. The second-order valence-corrected chi connectivity index (χ2v) is 8.49. The van der Waals surface area contributed by atoms with Crippen LogP contribution in [-0.2, 0) is 23.8 Å². The van der Waals surface area contributed by atoms with Gasteiger partial charge in [0.25, 0.3) is 5.91 Å². The number of fused-ring (bicyclic) bond motifs is 1. The average molecular weight is 481 g/mol. The largest absolute Gasteiger partial charge is 0.416 e. The van der Waals surface area contributed by atoms with Gasteiger partial charge in [-0.15, -0.1) is 0 Å². The third-order valence-electron chi connectivity index (χ3n) is 5.47. The van der Waals surface area contributed by atoms with E-state index in [4.69, 9.17) is 12.2 Å². The zero-order chi connectivity index (χ0) is 24.5. The molecule has 0 spiro atoms. The Morgan fingerprint density at radius 3 is 2.53 bits per heavy atom. The number of thiocarbonyl (C=S) groups is 1. The predicted octanol–water partition coefficient (Wildman–Crippen LogP) is 5.84. The van der Waals surface area contributed by atoms with Gasteiger partial charge in [-0.05, 0) is 60.0 Å². The number of nitrogens with zero attached hydrogens (tertiary/aromatic N) is 1. The van der Waals surface area contributed by atoms with Crippen LogP contribution in [0.15, 0.2) is 66.4 Å². The van der Waals surface area contributed by atoms with Crippen LogP contribution in [0.5, 0.6) is 0 Å².